The largest absolute Gasteiger partial charge is 0.392 e. The SMILES string of the molecule is CCCC[C@H](C)C[C@H](O)C=C[C@@H]1[C@H]2CC(CCCCN3CCCC3)=C[C@H]2C[C@H]1O. The van der Waals surface area contributed by atoms with Crippen LogP contribution in [0.25, 0.3) is 0 Å². The van der Waals surface area contributed by atoms with Crippen LogP contribution in [0, 0.1) is 23.7 Å². The molecule has 0 bridgehead atoms. The molecule has 1 saturated heterocycles. The average Bonchev–Trinajstić information content (AvgIpc) is 3.39. The molecule has 6 atom stereocenters. The molecule has 3 heteroatoms. The lowest BCUT2D eigenvalue weighted by atomic mass is 9.88. The van der Waals surface area contributed by atoms with E-state index in [2.05, 4.69) is 30.9 Å². The minimum absolute atomic E-state index is 0.221. The second-order valence-electron chi connectivity index (χ2n) is 10.2. The molecule has 2 N–H and O–H groups in total. The number of aliphatic hydroxyl groups is 2. The van der Waals surface area contributed by atoms with E-state index in [1.165, 1.54) is 71.0 Å². The molecular formula is C26H45NO2. The molecule has 3 nitrogen and oxygen atoms in total. The van der Waals surface area contributed by atoms with Crippen molar-refractivity contribution in [3.63, 3.8) is 0 Å². The van der Waals surface area contributed by atoms with Crippen molar-refractivity contribution in [3.8, 4) is 0 Å². The van der Waals surface area contributed by atoms with Crippen molar-refractivity contribution in [2.24, 2.45) is 23.7 Å². The second-order valence-corrected chi connectivity index (χ2v) is 10.2. The number of fused-ring (bicyclic) bond motifs is 1. The van der Waals surface area contributed by atoms with Gasteiger partial charge in [0.1, 0.15) is 0 Å². The van der Waals surface area contributed by atoms with E-state index >= 15 is 0 Å². The highest BCUT2D eigenvalue weighted by atomic mass is 16.3. The van der Waals surface area contributed by atoms with E-state index in [-0.39, 0.29) is 18.1 Å². The lowest BCUT2D eigenvalue weighted by Crippen LogP contribution is -2.20. The van der Waals surface area contributed by atoms with E-state index in [4.69, 9.17) is 0 Å². The highest BCUT2D eigenvalue weighted by molar-refractivity contribution is 5.21. The molecule has 1 aliphatic heterocycles. The van der Waals surface area contributed by atoms with Crippen LogP contribution in [0.4, 0.5) is 0 Å². The number of nitrogens with zero attached hydrogens (tertiary/aromatic N) is 1. The number of rotatable bonds is 12. The van der Waals surface area contributed by atoms with Crippen LogP contribution in [0.2, 0.25) is 0 Å². The summed E-state index contributed by atoms with van der Waals surface area (Å²) >= 11 is 0. The first-order chi connectivity index (χ1) is 14.1. The van der Waals surface area contributed by atoms with E-state index in [1.807, 2.05) is 6.08 Å². The number of allylic oxidation sites excluding steroid dienone is 2. The summed E-state index contributed by atoms with van der Waals surface area (Å²) < 4.78 is 0. The third-order valence-corrected chi connectivity index (χ3v) is 7.62. The van der Waals surface area contributed by atoms with E-state index in [0.717, 1.165) is 19.3 Å². The Morgan fingerprint density at radius 3 is 2.76 bits per heavy atom. The summed E-state index contributed by atoms with van der Waals surface area (Å²) in [7, 11) is 0. The Hall–Kier alpha value is -0.640. The Bertz CT molecular complexity index is 537. The molecule has 0 spiro atoms. The topological polar surface area (TPSA) is 43.7 Å². The number of hydrogen-bond donors (Lipinski definition) is 2. The summed E-state index contributed by atoms with van der Waals surface area (Å²) in [5.41, 5.74) is 1.63. The van der Waals surface area contributed by atoms with Crippen LogP contribution in [0.5, 0.6) is 0 Å². The van der Waals surface area contributed by atoms with Crippen molar-refractivity contribution in [1.82, 2.24) is 4.90 Å². The lowest BCUT2D eigenvalue weighted by Gasteiger charge is -2.20. The fourth-order valence-electron chi connectivity index (χ4n) is 5.90. The molecule has 2 fully saturated rings. The van der Waals surface area contributed by atoms with Crippen LogP contribution in [0.15, 0.2) is 23.8 Å². The zero-order chi connectivity index (χ0) is 20.6. The van der Waals surface area contributed by atoms with Gasteiger partial charge in [0.2, 0.25) is 0 Å². The standard InChI is InChI=1S/C26H45NO2/c1-3-4-9-20(2)16-23(28)11-12-24-25-18-21(17-22(25)19-26(24)29)10-5-6-13-27-14-7-8-15-27/h11-12,17,20,22-26,28-29H,3-10,13-16,18-19H2,1-2H3/t20-,22-,23+,24+,25-,26+/m0/s1. The fourth-order valence-corrected chi connectivity index (χ4v) is 5.90. The quantitative estimate of drug-likeness (QED) is 0.342. The molecule has 166 valence electrons. The van der Waals surface area contributed by atoms with Gasteiger partial charge in [0, 0.05) is 5.92 Å². The van der Waals surface area contributed by atoms with Crippen molar-refractivity contribution >= 4 is 0 Å². The van der Waals surface area contributed by atoms with Crippen molar-refractivity contribution in [2.45, 2.75) is 96.7 Å². The van der Waals surface area contributed by atoms with Gasteiger partial charge in [-0.05, 0) is 88.8 Å². The molecule has 0 aromatic heterocycles. The zero-order valence-corrected chi connectivity index (χ0v) is 18.9. The van der Waals surface area contributed by atoms with Gasteiger partial charge < -0.3 is 15.1 Å². The summed E-state index contributed by atoms with van der Waals surface area (Å²) in [6.45, 7) is 8.35. The van der Waals surface area contributed by atoms with Gasteiger partial charge in [0.15, 0.2) is 0 Å². The Morgan fingerprint density at radius 1 is 1.21 bits per heavy atom. The van der Waals surface area contributed by atoms with Crippen LogP contribution in [-0.4, -0.2) is 47.0 Å². The molecule has 1 heterocycles. The third-order valence-electron chi connectivity index (χ3n) is 7.62. The Labute approximate surface area is 179 Å². The van der Waals surface area contributed by atoms with Gasteiger partial charge in [-0.15, -0.1) is 0 Å². The number of hydrogen-bond acceptors (Lipinski definition) is 3. The molecule has 0 amide bonds. The first kappa shape index (κ1) is 23.0. The normalized spacial score (nSPS) is 32.1. The highest BCUT2D eigenvalue weighted by Crippen LogP contribution is 2.48. The monoisotopic (exact) mass is 403 g/mol. The van der Waals surface area contributed by atoms with Gasteiger partial charge in [0.05, 0.1) is 12.2 Å². The molecule has 0 aromatic rings. The molecule has 29 heavy (non-hydrogen) atoms. The van der Waals surface area contributed by atoms with Crippen LogP contribution >= 0.6 is 0 Å². The molecule has 0 radical (unpaired) electrons. The number of unbranched alkanes of at least 4 members (excludes halogenated alkanes) is 2. The first-order valence-electron chi connectivity index (χ1n) is 12.5. The van der Waals surface area contributed by atoms with Gasteiger partial charge in [-0.1, -0.05) is 56.9 Å². The third kappa shape index (κ3) is 6.94. The van der Waals surface area contributed by atoms with Crippen LogP contribution in [0.3, 0.4) is 0 Å². The summed E-state index contributed by atoms with van der Waals surface area (Å²) in [5.74, 6) is 1.89. The highest BCUT2D eigenvalue weighted by Gasteiger charge is 2.43. The van der Waals surface area contributed by atoms with E-state index in [0.29, 0.717) is 17.8 Å². The molecule has 2 aliphatic carbocycles. The van der Waals surface area contributed by atoms with Gasteiger partial charge in [-0.2, -0.15) is 0 Å². The lowest BCUT2D eigenvalue weighted by molar-refractivity contribution is 0.139. The van der Waals surface area contributed by atoms with Crippen molar-refractivity contribution in [2.75, 3.05) is 19.6 Å². The van der Waals surface area contributed by atoms with Crippen LogP contribution in [0.1, 0.15) is 84.5 Å². The molecule has 0 unspecified atom stereocenters. The molecular weight excluding hydrogens is 358 g/mol. The molecule has 1 saturated carbocycles. The van der Waals surface area contributed by atoms with Crippen LogP contribution in [-0.2, 0) is 0 Å². The summed E-state index contributed by atoms with van der Waals surface area (Å²) in [6.07, 6.45) is 19.2. The summed E-state index contributed by atoms with van der Waals surface area (Å²) in [4.78, 5) is 2.61. The van der Waals surface area contributed by atoms with E-state index < -0.39 is 0 Å². The smallest absolute Gasteiger partial charge is 0.0723 e. The van der Waals surface area contributed by atoms with Gasteiger partial charge in [0.25, 0.3) is 0 Å². The second kappa shape index (κ2) is 11.7. The fraction of sp³-hybridized carbons (Fsp3) is 0.846. The van der Waals surface area contributed by atoms with Gasteiger partial charge in [-0.25, -0.2) is 0 Å². The zero-order valence-electron chi connectivity index (χ0n) is 18.9. The minimum Gasteiger partial charge on any atom is -0.392 e. The number of likely N-dealkylation sites (tertiary alicyclic amines) is 1. The number of aliphatic hydroxyl groups excluding tert-OH is 2. The van der Waals surface area contributed by atoms with Gasteiger partial charge in [-0.3, -0.25) is 0 Å². The predicted molar refractivity (Wildman–Crippen MR) is 122 cm³/mol. The Balaban J connectivity index is 1.39. The molecule has 3 rings (SSSR count). The Morgan fingerprint density at radius 2 is 2.00 bits per heavy atom. The van der Waals surface area contributed by atoms with Crippen molar-refractivity contribution < 1.29 is 10.2 Å². The maximum atomic E-state index is 10.6. The van der Waals surface area contributed by atoms with Crippen molar-refractivity contribution in [1.29, 1.82) is 0 Å². The maximum Gasteiger partial charge on any atom is 0.0723 e. The van der Waals surface area contributed by atoms with Gasteiger partial charge >= 0.3 is 0 Å². The van der Waals surface area contributed by atoms with E-state index in [1.54, 1.807) is 5.57 Å². The minimum atomic E-state index is -0.368. The van der Waals surface area contributed by atoms with Crippen LogP contribution < -0.4 is 0 Å². The molecule has 0 aromatic carbocycles. The molecule has 3 aliphatic rings. The first-order valence-corrected chi connectivity index (χ1v) is 12.5. The maximum absolute atomic E-state index is 10.6. The summed E-state index contributed by atoms with van der Waals surface area (Å²) in [6, 6.07) is 0. The Kier molecular flexibility index (Phi) is 9.27. The average molecular weight is 404 g/mol. The summed E-state index contributed by atoms with van der Waals surface area (Å²) in [5, 5.41) is 21.0. The van der Waals surface area contributed by atoms with E-state index in [9.17, 15) is 10.2 Å². The van der Waals surface area contributed by atoms with Crippen molar-refractivity contribution in [3.05, 3.63) is 23.8 Å². The predicted octanol–water partition coefficient (Wildman–Crippen LogP) is 5.33.